The van der Waals surface area contributed by atoms with Gasteiger partial charge in [-0.25, -0.2) is 4.99 Å². The van der Waals surface area contributed by atoms with E-state index in [1.54, 1.807) is 30.1 Å². The van der Waals surface area contributed by atoms with E-state index in [-0.39, 0.29) is 11.9 Å². The van der Waals surface area contributed by atoms with E-state index in [2.05, 4.69) is 10.6 Å². The fourth-order valence-corrected chi connectivity index (χ4v) is 4.38. The summed E-state index contributed by atoms with van der Waals surface area (Å²) in [6, 6.07) is 12.9. The normalized spacial score (nSPS) is 19.3. The lowest BCUT2D eigenvalue weighted by atomic mass is 10.00. The Morgan fingerprint density at radius 3 is 2.61 bits per heavy atom. The number of nitrogens with zero attached hydrogens (tertiary/aromatic N) is 2. The van der Waals surface area contributed by atoms with Crippen LogP contribution in [0.1, 0.15) is 24.0 Å². The van der Waals surface area contributed by atoms with Crippen LogP contribution in [0.2, 0.25) is 10.0 Å². The second kappa shape index (κ2) is 9.53. The zero-order valence-electron chi connectivity index (χ0n) is 16.9. The van der Waals surface area contributed by atoms with Crippen molar-refractivity contribution in [1.82, 2.24) is 10.6 Å². The summed E-state index contributed by atoms with van der Waals surface area (Å²) >= 11 is 18.3. The van der Waals surface area contributed by atoms with Gasteiger partial charge in [-0.15, -0.1) is 0 Å². The first-order valence-electron chi connectivity index (χ1n) is 9.99. The van der Waals surface area contributed by atoms with Gasteiger partial charge >= 0.3 is 0 Å². The minimum absolute atomic E-state index is 0.204. The van der Waals surface area contributed by atoms with Crippen LogP contribution in [0.15, 0.2) is 47.5 Å². The topological polar surface area (TPSA) is 66.0 Å². The smallest absolute Gasteiger partial charge is 0.272 e. The molecule has 162 valence electrons. The zero-order chi connectivity index (χ0) is 22.0. The first-order chi connectivity index (χ1) is 14.9. The van der Waals surface area contributed by atoms with Crippen LogP contribution in [0, 0.1) is 0 Å². The summed E-state index contributed by atoms with van der Waals surface area (Å²) in [4.78, 5) is 19.6. The summed E-state index contributed by atoms with van der Waals surface area (Å²) in [5.74, 6) is -0.234. The Kier molecular flexibility index (Phi) is 6.77. The Balaban J connectivity index is 1.71. The van der Waals surface area contributed by atoms with Gasteiger partial charge in [0.15, 0.2) is 5.11 Å². The highest BCUT2D eigenvalue weighted by molar-refractivity contribution is 7.80. The van der Waals surface area contributed by atoms with E-state index in [0.29, 0.717) is 45.3 Å². The molecule has 0 radical (unpaired) electrons. The molecular weight excluding hydrogens is 455 g/mol. The number of rotatable bonds is 3. The minimum atomic E-state index is -0.915. The Hall–Kier alpha value is -2.19. The minimum Gasteiger partial charge on any atom is -0.381 e. The number of halogens is 2. The lowest BCUT2D eigenvalue weighted by Gasteiger charge is -2.26. The van der Waals surface area contributed by atoms with Crippen molar-refractivity contribution in [3.05, 3.63) is 63.6 Å². The van der Waals surface area contributed by atoms with Crippen molar-refractivity contribution >= 4 is 57.8 Å². The van der Waals surface area contributed by atoms with Gasteiger partial charge in [-0.1, -0.05) is 41.4 Å². The van der Waals surface area contributed by atoms with Crippen molar-refractivity contribution < 1.29 is 9.53 Å². The van der Waals surface area contributed by atoms with E-state index in [4.69, 9.17) is 45.1 Å². The molecule has 6 nitrogen and oxygen atoms in total. The van der Waals surface area contributed by atoms with Crippen LogP contribution in [-0.2, 0) is 9.53 Å². The predicted octanol–water partition coefficient (Wildman–Crippen LogP) is 3.78. The maximum absolute atomic E-state index is 13.3. The van der Waals surface area contributed by atoms with Gasteiger partial charge < -0.3 is 20.3 Å². The number of benzene rings is 2. The lowest BCUT2D eigenvalue weighted by Crippen LogP contribution is -2.52. The van der Waals surface area contributed by atoms with Crippen LogP contribution in [0.3, 0.4) is 0 Å². The molecule has 2 heterocycles. The van der Waals surface area contributed by atoms with E-state index >= 15 is 0 Å². The average molecular weight is 477 g/mol. The summed E-state index contributed by atoms with van der Waals surface area (Å²) in [7, 11) is 1.71. The van der Waals surface area contributed by atoms with Crippen molar-refractivity contribution in [3.63, 3.8) is 0 Å². The Labute approximate surface area is 196 Å². The molecule has 1 atom stereocenters. The van der Waals surface area contributed by atoms with Crippen LogP contribution >= 0.6 is 35.4 Å². The van der Waals surface area contributed by atoms with Gasteiger partial charge in [0.1, 0.15) is 0 Å². The maximum atomic E-state index is 13.3. The van der Waals surface area contributed by atoms with Crippen molar-refractivity contribution in [2.75, 3.05) is 25.2 Å². The highest BCUT2D eigenvalue weighted by atomic mass is 35.5. The Morgan fingerprint density at radius 1 is 1.13 bits per heavy atom. The lowest BCUT2D eigenvalue weighted by molar-refractivity contribution is -0.119. The molecule has 0 bridgehead atoms. The van der Waals surface area contributed by atoms with E-state index in [1.807, 2.05) is 24.3 Å². The van der Waals surface area contributed by atoms with Crippen LogP contribution in [0.4, 0.5) is 5.69 Å². The van der Waals surface area contributed by atoms with Crippen molar-refractivity contribution in [2.24, 2.45) is 4.99 Å². The fraction of sp³-hybridized carbons (Fsp3) is 0.318. The molecule has 1 fully saturated rings. The number of likely N-dealkylation sites (N-methyl/N-ethyl adjacent to an activating group) is 1. The Morgan fingerprint density at radius 2 is 1.87 bits per heavy atom. The van der Waals surface area contributed by atoms with Crippen LogP contribution < -0.4 is 15.5 Å². The largest absolute Gasteiger partial charge is 0.381 e. The number of nitrogens with one attached hydrogen (secondary N) is 2. The molecule has 2 aliphatic heterocycles. The molecule has 2 aromatic rings. The van der Waals surface area contributed by atoms with Gasteiger partial charge in [0.25, 0.3) is 5.91 Å². The molecule has 0 saturated carbocycles. The third kappa shape index (κ3) is 4.85. The Bertz CT molecular complexity index is 1040. The van der Waals surface area contributed by atoms with E-state index in [9.17, 15) is 4.79 Å². The number of ether oxygens (including phenoxy) is 1. The first kappa shape index (κ1) is 22.0. The molecule has 31 heavy (non-hydrogen) atoms. The van der Waals surface area contributed by atoms with Gasteiger partial charge in [-0.3, -0.25) is 4.79 Å². The fourth-order valence-electron chi connectivity index (χ4n) is 3.70. The highest BCUT2D eigenvalue weighted by Gasteiger charge is 2.31. The standard InChI is InChI=1S/C22H22Cl2N4O2S/c1-28-18-7-6-13(23)12-16(18)19(15-4-2-3-5-17(15)24)26-20(21(28)29)27-22(31)25-14-8-10-30-11-9-14/h2-7,12,14,20H,8-11H2,1H3,(H2,25,27,31). The van der Waals surface area contributed by atoms with Crippen LogP contribution in [0.5, 0.6) is 0 Å². The predicted molar refractivity (Wildman–Crippen MR) is 128 cm³/mol. The van der Waals surface area contributed by atoms with Crippen LogP contribution in [-0.4, -0.2) is 49.2 Å². The molecule has 1 amide bonds. The second-order valence-electron chi connectivity index (χ2n) is 7.42. The van der Waals surface area contributed by atoms with Gasteiger partial charge in [-0.2, -0.15) is 0 Å². The molecule has 2 aromatic carbocycles. The highest BCUT2D eigenvalue weighted by Crippen LogP contribution is 2.31. The summed E-state index contributed by atoms with van der Waals surface area (Å²) in [5, 5.41) is 7.81. The van der Waals surface area contributed by atoms with E-state index in [1.165, 1.54) is 0 Å². The molecule has 0 aromatic heterocycles. The van der Waals surface area contributed by atoms with Gasteiger partial charge in [0.2, 0.25) is 6.17 Å². The monoisotopic (exact) mass is 476 g/mol. The van der Waals surface area contributed by atoms with Crippen LogP contribution in [0.25, 0.3) is 0 Å². The molecule has 0 spiro atoms. The second-order valence-corrected chi connectivity index (χ2v) is 8.68. The molecule has 2 aliphatic rings. The summed E-state index contributed by atoms with van der Waals surface area (Å²) in [6.45, 7) is 1.38. The van der Waals surface area contributed by atoms with E-state index < -0.39 is 6.17 Å². The number of fused-ring (bicyclic) bond motifs is 1. The van der Waals surface area contributed by atoms with Gasteiger partial charge in [0, 0.05) is 47.5 Å². The SMILES string of the molecule is CN1C(=O)C(NC(=S)NC2CCOCC2)N=C(c2ccccc2Cl)c2cc(Cl)ccc21. The van der Waals surface area contributed by atoms with Gasteiger partial charge in [0.05, 0.1) is 11.4 Å². The maximum Gasteiger partial charge on any atom is 0.272 e. The molecule has 1 saturated heterocycles. The van der Waals surface area contributed by atoms with Crippen molar-refractivity contribution in [3.8, 4) is 0 Å². The van der Waals surface area contributed by atoms with Crippen molar-refractivity contribution in [2.45, 2.75) is 25.0 Å². The number of hydrogen-bond donors (Lipinski definition) is 2. The number of hydrogen-bond acceptors (Lipinski definition) is 4. The average Bonchev–Trinajstić information content (AvgIpc) is 2.85. The first-order valence-corrected chi connectivity index (χ1v) is 11.2. The molecule has 2 N–H and O–H groups in total. The molecule has 4 rings (SSSR count). The van der Waals surface area contributed by atoms with Gasteiger partial charge in [-0.05, 0) is 49.3 Å². The zero-order valence-corrected chi connectivity index (χ0v) is 19.2. The third-order valence-electron chi connectivity index (χ3n) is 5.35. The summed E-state index contributed by atoms with van der Waals surface area (Å²) < 4.78 is 5.39. The number of carbonyl (C=O) groups is 1. The number of aliphatic imine (C=N–C) groups is 1. The number of anilines is 1. The third-order valence-corrected chi connectivity index (χ3v) is 6.15. The molecular formula is C22H22Cl2N4O2S. The van der Waals surface area contributed by atoms with E-state index in [0.717, 1.165) is 18.4 Å². The summed E-state index contributed by atoms with van der Waals surface area (Å²) in [6.07, 6.45) is 0.805. The summed E-state index contributed by atoms with van der Waals surface area (Å²) in [5.41, 5.74) is 2.71. The number of carbonyl (C=O) groups excluding carboxylic acids is 1. The quantitative estimate of drug-likeness (QED) is 0.659. The molecule has 9 heteroatoms. The molecule has 1 unspecified atom stereocenters. The number of amides is 1. The number of benzodiazepines with no additional fused rings is 1. The van der Waals surface area contributed by atoms with Crippen molar-refractivity contribution in [1.29, 1.82) is 0 Å². The molecule has 0 aliphatic carbocycles. The number of thiocarbonyl (C=S) groups is 1.